The SMILES string of the molecule is CC(CO)C(C)NC(=O)c1ccnn1C. The Morgan fingerprint density at radius 1 is 1.67 bits per heavy atom. The van der Waals surface area contributed by atoms with Crippen molar-refractivity contribution < 1.29 is 9.90 Å². The third-order valence-electron chi connectivity index (χ3n) is 2.55. The van der Waals surface area contributed by atoms with E-state index in [4.69, 9.17) is 5.11 Å². The first-order chi connectivity index (χ1) is 7.06. The summed E-state index contributed by atoms with van der Waals surface area (Å²) in [4.78, 5) is 11.7. The van der Waals surface area contributed by atoms with Gasteiger partial charge in [-0.05, 0) is 18.9 Å². The lowest BCUT2D eigenvalue weighted by atomic mass is 10.1. The first kappa shape index (κ1) is 11.7. The zero-order valence-corrected chi connectivity index (χ0v) is 9.27. The molecule has 1 aromatic heterocycles. The highest BCUT2D eigenvalue weighted by atomic mass is 16.3. The molecule has 2 unspecified atom stereocenters. The minimum atomic E-state index is -0.164. The number of rotatable bonds is 4. The Bertz CT molecular complexity index is 335. The highest BCUT2D eigenvalue weighted by Crippen LogP contribution is 2.03. The number of aryl methyl sites for hydroxylation is 1. The number of nitrogens with one attached hydrogen (secondary N) is 1. The fourth-order valence-electron chi connectivity index (χ4n) is 1.18. The number of amides is 1. The quantitative estimate of drug-likeness (QED) is 0.746. The second-order valence-electron chi connectivity index (χ2n) is 3.76. The normalized spacial score (nSPS) is 14.7. The van der Waals surface area contributed by atoms with E-state index in [1.54, 1.807) is 19.3 Å². The predicted octanol–water partition coefficient (Wildman–Crippen LogP) is 0.167. The lowest BCUT2D eigenvalue weighted by molar-refractivity contribution is 0.0907. The fourth-order valence-corrected chi connectivity index (χ4v) is 1.18. The van der Waals surface area contributed by atoms with E-state index in [-0.39, 0.29) is 24.5 Å². The molecular weight excluding hydrogens is 194 g/mol. The third kappa shape index (κ3) is 2.79. The Balaban J connectivity index is 2.60. The minimum Gasteiger partial charge on any atom is -0.396 e. The van der Waals surface area contributed by atoms with Gasteiger partial charge in [0.1, 0.15) is 5.69 Å². The Morgan fingerprint density at radius 2 is 2.33 bits per heavy atom. The Hall–Kier alpha value is -1.36. The summed E-state index contributed by atoms with van der Waals surface area (Å²) in [5, 5.41) is 15.7. The Morgan fingerprint density at radius 3 is 2.80 bits per heavy atom. The van der Waals surface area contributed by atoms with Crippen LogP contribution in [-0.4, -0.2) is 33.4 Å². The molecule has 84 valence electrons. The Kier molecular flexibility index (Phi) is 3.85. The van der Waals surface area contributed by atoms with E-state index in [2.05, 4.69) is 10.4 Å². The molecule has 1 heterocycles. The zero-order chi connectivity index (χ0) is 11.4. The maximum atomic E-state index is 11.7. The van der Waals surface area contributed by atoms with Crippen molar-refractivity contribution in [3.05, 3.63) is 18.0 Å². The van der Waals surface area contributed by atoms with Gasteiger partial charge in [-0.25, -0.2) is 0 Å². The topological polar surface area (TPSA) is 67.2 Å². The number of aromatic nitrogens is 2. The summed E-state index contributed by atoms with van der Waals surface area (Å²) in [5.41, 5.74) is 0.520. The first-order valence-electron chi connectivity index (χ1n) is 4.96. The van der Waals surface area contributed by atoms with Crippen LogP contribution in [0.15, 0.2) is 12.3 Å². The second-order valence-corrected chi connectivity index (χ2v) is 3.76. The van der Waals surface area contributed by atoms with E-state index >= 15 is 0 Å². The fraction of sp³-hybridized carbons (Fsp3) is 0.600. The van der Waals surface area contributed by atoms with Crippen LogP contribution in [0.1, 0.15) is 24.3 Å². The number of nitrogens with zero attached hydrogens (tertiary/aromatic N) is 2. The van der Waals surface area contributed by atoms with Crippen LogP contribution >= 0.6 is 0 Å². The number of hydrogen-bond acceptors (Lipinski definition) is 3. The number of carbonyl (C=O) groups is 1. The molecule has 0 saturated carbocycles. The summed E-state index contributed by atoms with van der Waals surface area (Å²) in [6, 6.07) is 1.60. The molecule has 2 N–H and O–H groups in total. The van der Waals surface area contributed by atoms with Crippen LogP contribution < -0.4 is 5.32 Å². The smallest absolute Gasteiger partial charge is 0.269 e. The average molecular weight is 211 g/mol. The van der Waals surface area contributed by atoms with Gasteiger partial charge in [0, 0.05) is 25.9 Å². The zero-order valence-electron chi connectivity index (χ0n) is 9.27. The van der Waals surface area contributed by atoms with Crippen LogP contribution in [0.2, 0.25) is 0 Å². The van der Waals surface area contributed by atoms with Gasteiger partial charge in [0.25, 0.3) is 5.91 Å². The van der Waals surface area contributed by atoms with E-state index < -0.39 is 0 Å². The van der Waals surface area contributed by atoms with Gasteiger partial charge in [0.2, 0.25) is 0 Å². The summed E-state index contributed by atoms with van der Waals surface area (Å²) in [6.45, 7) is 3.82. The molecule has 0 saturated heterocycles. The van der Waals surface area contributed by atoms with Crippen molar-refractivity contribution in [3.8, 4) is 0 Å². The summed E-state index contributed by atoms with van der Waals surface area (Å²) in [5.74, 6) is -0.120. The van der Waals surface area contributed by atoms with E-state index in [1.165, 1.54) is 4.68 Å². The lowest BCUT2D eigenvalue weighted by Gasteiger charge is -2.19. The first-order valence-corrected chi connectivity index (χ1v) is 4.96. The van der Waals surface area contributed by atoms with Gasteiger partial charge in [-0.2, -0.15) is 5.10 Å². The van der Waals surface area contributed by atoms with Crippen LogP contribution in [0.4, 0.5) is 0 Å². The molecular formula is C10H17N3O2. The van der Waals surface area contributed by atoms with Crippen LogP contribution in [0, 0.1) is 5.92 Å². The van der Waals surface area contributed by atoms with Crippen molar-refractivity contribution in [1.29, 1.82) is 0 Å². The standard InChI is InChI=1S/C10H17N3O2/c1-7(6-14)8(2)12-10(15)9-4-5-11-13(9)3/h4-5,7-8,14H,6H2,1-3H3,(H,12,15). The number of aliphatic hydroxyl groups is 1. The highest BCUT2D eigenvalue weighted by molar-refractivity contribution is 5.92. The van der Waals surface area contributed by atoms with Crippen molar-refractivity contribution in [1.82, 2.24) is 15.1 Å². The van der Waals surface area contributed by atoms with Crippen molar-refractivity contribution in [2.24, 2.45) is 13.0 Å². The monoisotopic (exact) mass is 211 g/mol. The number of aliphatic hydroxyl groups excluding tert-OH is 1. The van der Waals surface area contributed by atoms with Gasteiger partial charge in [-0.15, -0.1) is 0 Å². The number of hydrogen-bond donors (Lipinski definition) is 2. The maximum Gasteiger partial charge on any atom is 0.269 e. The molecule has 2 atom stereocenters. The molecule has 0 bridgehead atoms. The van der Waals surface area contributed by atoms with Crippen LogP contribution in [0.3, 0.4) is 0 Å². The van der Waals surface area contributed by atoms with Crippen molar-refractivity contribution in [3.63, 3.8) is 0 Å². The van der Waals surface area contributed by atoms with E-state index in [9.17, 15) is 4.79 Å². The molecule has 5 nitrogen and oxygen atoms in total. The maximum absolute atomic E-state index is 11.7. The molecule has 1 rings (SSSR count). The van der Waals surface area contributed by atoms with Gasteiger partial charge in [-0.3, -0.25) is 9.48 Å². The molecule has 0 aliphatic rings. The lowest BCUT2D eigenvalue weighted by Crippen LogP contribution is -2.39. The van der Waals surface area contributed by atoms with Crippen LogP contribution in [0.25, 0.3) is 0 Å². The molecule has 5 heteroatoms. The van der Waals surface area contributed by atoms with Crippen molar-refractivity contribution in [2.45, 2.75) is 19.9 Å². The van der Waals surface area contributed by atoms with Gasteiger partial charge < -0.3 is 10.4 Å². The molecule has 0 aromatic carbocycles. The summed E-state index contributed by atoms with van der Waals surface area (Å²) >= 11 is 0. The molecule has 1 amide bonds. The Labute approximate surface area is 89.1 Å². The van der Waals surface area contributed by atoms with Gasteiger partial charge >= 0.3 is 0 Å². The van der Waals surface area contributed by atoms with Crippen molar-refractivity contribution >= 4 is 5.91 Å². The summed E-state index contributed by atoms with van der Waals surface area (Å²) in [7, 11) is 1.72. The van der Waals surface area contributed by atoms with E-state index in [1.807, 2.05) is 13.8 Å². The molecule has 15 heavy (non-hydrogen) atoms. The molecule has 0 aliphatic carbocycles. The third-order valence-corrected chi connectivity index (χ3v) is 2.55. The van der Waals surface area contributed by atoms with Crippen LogP contribution in [0.5, 0.6) is 0 Å². The van der Waals surface area contributed by atoms with Crippen molar-refractivity contribution in [2.75, 3.05) is 6.61 Å². The van der Waals surface area contributed by atoms with Crippen LogP contribution in [-0.2, 0) is 7.05 Å². The highest BCUT2D eigenvalue weighted by Gasteiger charge is 2.16. The minimum absolute atomic E-state index is 0.0437. The molecule has 1 aromatic rings. The predicted molar refractivity (Wildman–Crippen MR) is 56.4 cm³/mol. The summed E-state index contributed by atoms with van der Waals surface area (Å²) in [6.07, 6.45) is 1.58. The molecule has 0 fully saturated rings. The average Bonchev–Trinajstić information content (AvgIpc) is 2.63. The van der Waals surface area contributed by atoms with E-state index in [0.717, 1.165) is 0 Å². The molecule has 0 radical (unpaired) electrons. The van der Waals surface area contributed by atoms with Gasteiger partial charge in [-0.1, -0.05) is 6.92 Å². The summed E-state index contributed by atoms with van der Waals surface area (Å²) < 4.78 is 1.52. The van der Waals surface area contributed by atoms with Gasteiger partial charge in [0.15, 0.2) is 0 Å². The number of carbonyl (C=O) groups excluding carboxylic acids is 1. The second kappa shape index (κ2) is 4.93. The largest absolute Gasteiger partial charge is 0.396 e. The molecule has 0 spiro atoms. The van der Waals surface area contributed by atoms with E-state index in [0.29, 0.717) is 5.69 Å². The van der Waals surface area contributed by atoms with Gasteiger partial charge in [0.05, 0.1) is 0 Å². The molecule has 0 aliphatic heterocycles.